The van der Waals surface area contributed by atoms with Crippen LogP contribution in [0, 0.1) is 11.7 Å². The number of nitrogens with zero attached hydrogens (tertiary/aromatic N) is 1. The summed E-state index contributed by atoms with van der Waals surface area (Å²) in [5, 5.41) is 0. The van der Waals surface area contributed by atoms with Crippen LogP contribution in [0.25, 0.3) is 0 Å². The predicted octanol–water partition coefficient (Wildman–Crippen LogP) is -0.390. The van der Waals surface area contributed by atoms with Gasteiger partial charge >= 0.3 is 5.97 Å². The van der Waals surface area contributed by atoms with E-state index < -0.39 is 17.7 Å². The Morgan fingerprint density at radius 2 is 2.28 bits per heavy atom. The van der Waals surface area contributed by atoms with Crippen molar-refractivity contribution < 1.29 is 18.7 Å². The molecule has 0 aromatic heterocycles. The molecule has 0 bridgehead atoms. The molecule has 4 nitrogen and oxygen atoms in total. The van der Waals surface area contributed by atoms with Crippen LogP contribution in [-0.4, -0.2) is 33.4 Å². The number of hydrogen-bond acceptors (Lipinski definition) is 3. The summed E-state index contributed by atoms with van der Waals surface area (Å²) in [7, 11) is 3.05. The van der Waals surface area contributed by atoms with Gasteiger partial charge in [-0.1, -0.05) is 11.5 Å². The van der Waals surface area contributed by atoms with Crippen LogP contribution in [0.1, 0.15) is 6.42 Å². The maximum atomic E-state index is 13.8. The summed E-state index contributed by atoms with van der Waals surface area (Å²) in [6, 6.07) is 4.66. The summed E-state index contributed by atoms with van der Waals surface area (Å²) >= 11 is 0. The van der Waals surface area contributed by atoms with E-state index in [1.807, 2.05) is 0 Å². The molecule has 1 fully saturated rings. The standard InChI is InChI=1S/C12H13BFNO3/c1-18-12(17)7-4-11(16)15(6-7)10-3-2-8(13)5-9(10)14/h2-3,5,7H,4,6,13H2,1H3/t7-/m1/s1. The zero-order valence-corrected chi connectivity index (χ0v) is 10.3. The lowest BCUT2D eigenvalue weighted by Crippen LogP contribution is -2.27. The third-order valence-electron chi connectivity index (χ3n) is 3.05. The van der Waals surface area contributed by atoms with Crippen molar-refractivity contribution in [3.05, 3.63) is 24.0 Å². The smallest absolute Gasteiger partial charge is 0.311 e. The van der Waals surface area contributed by atoms with Gasteiger partial charge in [-0.25, -0.2) is 4.39 Å². The first-order chi connectivity index (χ1) is 8.52. The molecule has 0 unspecified atom stereocenters. The van der Waals surface area contributed by atoms with E-state index >= 15 is 0 Å². The van der Waals surface area contributed by atoms with Crippen molar-refractivity contribution in [1.29, 1.82) is 0 Å². The van der Waals surface area contributed by atoms with Crippen LogP contribution in [0.15, 0.2) is 18.2 Å². The SMILES string of the molecule is Bc1ccc(N2C[C@H](C(=O)OC)CC2=O)c(F)c1. The number of anilines is 1. The molecule has 0 saturated carbocycles. The molecule has 0 N–H and O–H groups in total. The van der Waals surface area contributed by atoms with Crippen LogP contribution in [0.2, 0.25) is 0 Å². The summed E-state index contributed by atoms with van der Waals surface area (Å²) in [4.78, 5) is 24.5. The minimum atomic E-state index is -0.511. The van der Waals surface area contributed by atoms with Crippen LogP contribution in [0.5, 0.6) is 0 Å². The third-order valence-corrected chi connectivity index (χ3v) is 3.05. The normalized spacial score (nSPS) is 19.1. The molecular formula is C12H13BFNO3. The Balaban J connectivity index is 2.24. The summed E-state index contributed by atoms with van der Waals surface area (Å²) in [5.74, 6) is -1.65. The predicted molar refractivity (Wildman–Crippen MR) is 67.1 cm³/mol. The van der Waals surface area contributed by atoms with Crippen molar-refractivity contribution in [1.82, 2.24) is 0 Å². The van der Waals surface area contributed by atoms with Gasteiger partial charge in [-0.15, -0.1) is 0 Å². The molecule has 0 aliphatic carbocycles. The Kier molecular flexibility index (Phi) is 3.36. The number of hydrogen-bond donors (Lipinski definition) is 0. The second-order valence-electron chi connectivity index (χ2n) is 4.38. The molecule has 1 amide bonds. The van der Waals surface area contributed by atoms with Crippen LogP contribution < -0.4 is 10.4 Å². The highest BCUT2D eigenvalue weighted by Gasteiger charge is 2.36. The summed E-state index contributed by atoms with van der Waals surface area (Å²) < 4.78 is 18.4. The molecule has 6 heteroatoms. The average Bonchev–Trinajstić information content (AvgIpc) is 2.70. The van der Waals surface area contributed by atoms with E-state index in [1.165, 1.54) is 18.1 Å². The summed E-state index contributed by atoms with van der Waals surface area (Å²) in [6.45, 7) is 0.172. The van der Waals surface area contributed by atoms with Crippen molar-refractivity contribution in [2.24, 2.45) is 5.92 Å². The number of carbonyl (C=O) groups excluding carboxylic acids is 2. The lowest BCUT2D eigenvalue weighted by Gasteiger charge is -2.17. The molecular weight excluding hydrogens is 236 g/mol. The molecule has 1 saturated heterocycles. The molecule has 2 rings (SSSR count). The first-order valence-electron chi connectivity index (χ1n) is 5.67. The maximum Gasteiger partial charge on any atom is 0.311 e. The number of halogens is 1. The summed E-state index contributed by atoms with van der Waals surface area (Å²) in [6.07, 6.45) is 0.0694. The number of amides is 1. The highest BCUT2D eigenvalue weighted by atomic mass is 19.1. The van der Waals surface area contributed by atoms with Gasteiger partial charge in [0.15, 0.2) is 0 Å². The zero-order chi connectivity index (χ0) is 13.3. The lowest BCUT2D eigenvalue weighted by molar-refractivity contribution is -0.145. The molecule has 0 radical (unpaired) electrons. The first kappa shape index (κ1) is 12.6. The molecule has 1 heterocycles. The second-order valence-corrected chi connectivity index (χ2v) is 4.38. The Labute approximate surface area is 105 Å². The van der Waals surface area contributed by atoms with Crippen LogP contribution in [0.3, 0.4) is 0 Å². The molecule has 18 heavy (non-hydrogen) atoms. The van der Waals surface area contributed by atoms with Crippen LogP contribution in [-0.2, 0) is 14.3 Å². The molecule has 1 aliphatic heterocycles. The van der Waals surface area contributed by atoms with Crippen molar-refractivity contribution >= 4 is 30.9 Å². The first-order valence-corrected chi connectivity index (χ1v) is 5.67. The van der Waals surface area contributed by atoms with Gasteiger partial charge in [0, 0.05) is 13.0 Å². The maximum absolute atomic E-state index is 13.8. The Bertz CT molecular complexity index is 506. The van der Waals surface area contributed by atoms with Crippen molar-refractivity contribution in [3.63, 3.8) is 0 Å². The zero-order valence-electron chi connectivity index (χ0n) is 10.3. The van der Waals surface area contributed by atoms with Gasteiger partial charge in [0.25, 0.3) is 0 Å². The van der Waals surface area contributed by atoms with Crippen LogP contribution >= 0.6 is 0 Å². The van der Waals surface area contributed by atoms with E-state index in [0.29, 0.717) is 0 Å². The minimum absolute atomic E-state index is 0.0694. The molecule has 1 aromatic carbocycles. The fourth-order valence-electron chi connectivity index (χ4n) is 2.10. The van der Waals surface area contributed by atoms with E-state index in [0.717, 1.165) is 5.46 Å². The van der Waals surface area contributed by atoms with E-state index in [4.69, 9.17) is 0 Å². The summed E-state index contributed by atoms with van der Waals surface area (Å²) in [5.41, 5.74) is 1.00. The van der Waals surface area contributed by atoms with Gasteiger partial charge in [-0.2, -0.15) is 0 Å². The number of methoxy groups -OCH3 is 1. The van der Waals surface area contributed by atoms with Crippen LogP contribution in [0.4, 0.5) is 10.1 Å². The number of benzene rings is 1. The molecule has 1 aliphatic rings. The van der Waals surface area contributed by atoms with Gasteiger partial charge in [-0.05, 0) is 12.1 Å². The quantitative estimate of drug-likeness (QED) is 0.529. The topological polar surface area (TPSA) is 46.6 Å². The van der Waals surface area contributed by atoms with Crippen molar-refractivity contribution in [2.45, 2.75) is 6.42 Å². The minimum Gasteiger partial charge on any atom is -0.469 e. The van der Waals surface area contributed by atoms with Gasteiger partial charge in [-0.3, -0.25) is 9.59 Å². The molecule has 0 spiro atoms. The Hall–Kier alpha value is -1.85. The van der Waals surface area contributed by atoms with Gasteiger partial charge in [0.2, 0.25) is 5.91 Å². The van der Waals surface area contributed by atoms with Gasteiger partial charge in [0.1, 0.15) is 13.7 Å². The number of ether oxygens (including phenoxy) is 1. The fraction of sp³-hybridized carbons (Fsp3) is 0.333. The van der Waals surface area contributed by atoms with Crippen molar-refractivity contribution in [3.8, 4) is 0 Å². The highest BCUT2D eigenvalue weighted by Crippen LogP contribution is 2.27. The Morgan fingerprint density at radius 3 is 2.89 bits per heavy atom. The number of carbonyl (C=O) groups is 2. The monoisotopic (exact) mass is 249 g/mol. The van der Waals surface area contributed by atoms with Gasteiger partial charge in [0.05, 0.1) is 18.7 Å². The number of esters is 1. The van der Waals surface area contributed by atoms with E-state index in [2.05, 4.69) is 4.74 Å². The highest BCUT2D eigenvalue weighted by molar-refractivity contribution is 6.32. The second kappa shape index (κ2) is 4.80. The van der Waals surface area contributed by atoms with Crippen molar-refractivity contribution in [2.75, 3.05) is 18.6 Å². The number of rotatable bonds is 2. The molecule has 94 valence electrons. The van der Waals surface area contributed by atoms with E-state index in [1.54, 1.807) is 20.0 Å². The van der Waals surface area contributed by atoms with Gasteiger partial charge < -0.3 is 9.64 Å². The fourth-order valence-corrected chi connectivity index (χ4v) is 2.10. The lowest BCUT2D eigenvalue weighted by atomic mass is 9.96. The molecule has 1 atom stereocenters. The Morgan fingerprint density at radius 1 is 1.56 bits per heavy atom. The average molecular weight is 249 g/mol. The molecule has 1 aromatic rings. The van der Waals surface area contributed by atoms with E-state index in [-0.39, 0.29) is 24.6 Å². The third kappa shape index (κ3) is 2.23. The van der Waals surface area contributed by atoms with E-state index in [9.17, 15) is 14.0 Å². The largest absolute Gasteiger partial charge is 0.469 e.